The van der Waals surface area contributed by atoms with Gasteiger partial charge in [-0.05, 0) is 38.0 Å². The van der Waals surface area contributed by atoms with Gasteiger partial charge in [0.1, 0.15) is 0 Å². The van der Waals surface area contributed by atoms with Gasteiger partial charge in [-0.1, -0.05) is 6.07 Å². The van der Waals surface area contributed by atoms with E-state index in [0.717, 1.165) is 13.0 Å². The number of anilines is 1. The molecule has 1 aromatic carbocycles. The first-order valence-electron chi connectivity index (χ1n) is 6.96. The molecule has 0 aliphatic carbocycles. The van der Waals surface area contributed by atoms with E-state index in [4.69, 9.17) is 9.84 Å². The van der Waals surface area contributed by atoms with Crippen LogP contribution in [-0.4, -0.2) is 36.4 Å². The summed E-state index contributed by atoms with van der Waals surface area (Å²) in [4.78, 5) is 23.0. The summed E-state index contributed by atoms with van der Waals surface area (Å²) in [5.74, 6) is -0.684. The Balaban J connectivity index is 1.96. The zero-order valence-electron chi connectivity index (χ0n) is 12.2. The molecule has 0 bridgehead atoms. The standard InChI is InChI=1S/C15H20N2O4/c1-9-3-4-12(7-13(9)14(18)19)17-15(20)16-10(2)11-5-6-21-8-11/h3-4,7,10-11H,5-6,8H2,1-2H3,(H,18,19)(H2,16,17,20). The van der Waals surface area contributed by atoms with Crippen LogP contribution in [0.2, 0.25) is 0 Å². The molecular formula is C15H20N2O4. The highest BCUT2D eigenvalue weighted by Crippen LogP contribution is 2.17. The van der Waals surface area contributed by atoms with Gasteiger partial charge in [0.25, 0.3) is 0 Å². The molecule has 1 aliphatic heterocycles. The number of carbonyl (C=O) groups is 2. The predicted octanol–water partition coefficient (Wildman–Crippen LogP) is 2.24. The third kappa shape index (κ3) is 3.95. The summed E-state index contributed by atoms with van der Waals surface area (Å²) in [6.07, 6.45) is 0.940. The van der Waals surface area contributed by atoms with Crippen molar-refractivity contribution in [3.63, 3.8) is 0 Å². The molecule has 114 valence electrons. The van der Waals surface area contributed by atoms with Crippen molar-refractivity contribution in [2.75, 3.05) is 18.5 Å². The Morgan fingerprint density at radius 3 is 2.81 bits per heavy atom. The fourth-order valence-corrected chi connectivity index (χ4v) is 2.37. The predicted molar refractivity (Wildman–Crippen MR) is 78.7 cm³/mol. The maximum atomic E-state index is 11.9. The Bertz CT molecular complexity index is 538. The maximum absolute atomic E-state index is 11.9. The Morgan fingerprint density at radius 2 is 2.19 bits per heavy atom. The number of hydrogen-bond donors (Lipinski definition) is 3. The summed E-state index contributed by atoms with van der Waals surface area (Å²) in [5, 5.41) is 14.6. The van der Waals surface area contributed by atoms with Crippen LogP contribution in [0.25, 0.3) is 0 Å². The van der Waals surface area contributed by atoms with Gasteiger partial charge in [0, 0.05) is 24.3 Å². The minimum atomic E-state index is -1.01. The third-order valence-corrected chi connectivity index (χ3v) is 3.76. The SMILES string of the molecule is Cc1ccc(NC(=O)NC(C)C2CCOC2)cc1C(=O)O. The molecule has 0 aromatic heterocycles. The number of carbonyl (C=O) groups excluding carboxylic acids is 1. The quantitative estimate of drug-likeness (QED) is 0.794. The van der Waals surface area contributed by atoms with E-state index in [0.29, 0.717) is 23.8 Å². The number of carboxylic acids is 1. The largest absolute Gasteiger partial charge is 0.478 e. The van der Waals surface area contributed by atoms with Gasteiger partial charge < -0.3 is 20.5 Å². The van der Waals surface area contributed by atoms with E-state index in [9.17, 15) is 9.59 Å². The van der Waals surface area contributed by atoms with E-state index in [2.05, 4.69) is 10.6 Å². The fraction of sp³-hybridized carbons (Fsp3) is 0.467. The van der Waals surface area contributed by atoms with Crippen LogP contribution in [0.4, 0.5) is 10.5 Å². The van der Waals surface area contributed by atoms with E-state index < -0.39 is 5.97 Å². The van der Waals surface area contributed by atoms with Crippen molar-refractivity contribution in [2.45, 2.75) is 26.3 Å². The second-order valence-electron chi connectivity index (χ2n) is 5.35. The normalized spacial score (nSPS) is 19.0. The van der Waals surface area contributed by atoms with E-state index in [1.807, 2.05) is 6.92 Å². The molecule has 6 heteroatoms. The van der Waals surface area contributed by atoms with Crippen molar-refractivity contribution >= 4 is 17.7 Å². The van der Waals surface area contributed by atoms with Crippen LogP contribution < -0.4 is 10.6 Å². The van der Waals surface area contributed by atoms with Gasteiger partial charge in [-0.25, -0.2) is 9.59 Å². The van der Waals surface area contributed by atoms with Gasteiger partial charge in [0.15, 0.2) is 0 Å². The second-order valence-corrected chi connectivity index (χ2v) is 5.35. The van der Waals surface area contributed by atoms with Crippen LogP contribution in [0.3, 0.4) is 0 Å². The summed E-state index contributed by atoms with van der Waals surface area (Å²) in [7, 11) is 0. The van der Waals surface area contributed by atoms with E-state index in [1.165, 1.54) is 6.07 Å². The van der Waals surface area contributed by atoms with Gasteiger partial charge in [0.05, 0.1) is 12.2 Å². The number of carboxylic acid groups (broad SMARTS) is 1. The number of benzene rings is 1. The van der Waals surface area contributed by atoms with Crippen molar-refractivity contribution in [1.29, 1.82) is 0 Å². The molecule has 2 atom stereocenters. The summed E-state index contributed by atoms with van der Waals surface area (Å²) >= 11 is 0. The van der Waals surface area contributed by atoms with E-state index >= 15 is 0 Å². The highest BCUT2D eigenvalue weighted by Gasteiger charge is 2.23. The second kappa shape index (κ2) is 6.58. The Hall–Kier alpha value is -2.08. The van der Waals surface area contributed by atoms with Crippen LogP contribution in [-0.2, 0) is 4.74 Å². The average molecular weight is 292 g/mol. The molecule has 1 aliphatic rings. The van der Waals surface area contributed by atoms with Crippen LogP contribution in [0.5, 0.6) is 0 Å². The number of amides is 2. The Kier molecular flexibility index (Phi) is 4.80. The molecule has 0 radical (unpaired) electrons. The van der Waals surface area contributed by atoms with Crippen molar-refractivity contribution in [3.05, 3.63) is 29.3 Å². The summed E-state index contributed by atoms with van der Waals surface area (Å²) in [6, 6.07) is 4.49. The number of rotatable bonds is 4. The zero-order chi connectivity index (χ0) is 15.4. The van der Waals surface area contributed by atoms with Crippen molar-refractivity contribution in [3.8, 4) is 0 Å². The number of aryl methyl sites for hydroxylation is 1. The topological polar surface area (TPSA) is 87.7 Å². The highest BCUT2D eigenvalue weighted by atomic mass is 16.5. The van der Waals surface area contributed by atoms with Crippen LogP contribution in [0, 0.1) is 12.8 Å². The lowest BCUT2D eigenvalue weighted by Crippen LogP contribution is -2.40. The first-order valence-corrected chi connectivity index (χ1v) is 6.96. The molecule has 2 amide bonds. The van der Waals surface area contributed by atoms with Crippen molar-refractivity contribution < 1.29 is 19.4 Å². The number of ether oxygens (including phenoxy) is 1. The summed E-state index contributed by atoms with van der Waals surface area (Å²) in [5.41, 5.74) is 1.31. The van der Waals surface area contributed by atoms with E-state index in [1.54, 1.807) is 19.1 Å². The first-order chi connectivity index (χ1) is 9.97. The van der Waals surface area contributed by atoms with E-state index in [-0.39, 0.29) is 17.6 Å². The lowest BCUT2D eigenvalue weighted by atomic mass is 10.0. The Morgan fingerprint density at radius 1 is 1.43 bits per heavy atom. The molecule has 0 spiro atoms. The van der Waals surface area contributed by atoms with Crippen LogP contribution >= 0.6 is 0 Å². The van der Waals surface area contributed by atoms with Gasteiger partial charge in [-0.15, -0.1) is 0 Å². The lowest BCUT2D eigenvalue weighted by Gasteiger charge is -2.19. The molecule has 1 saturated heterocycles. The van der Waals surface area contributed by atoms with Gasteiger partial charge in [-0.3, -0.25) is 0 Å². The minimum Gasteiger partial charge on any atom is -0.478 e. The molecule has 2 rings (SSSR count). The molecular weight excluding hydrogens is 272 g/mol. The molecule has 1 heterocycles. The van der Waals surface area contributed by atoms with Gasteiger partial charge in [-0.2, -0.15) is 0 Å². The monoisotopic (exact) mass is 292 g/mol. The number of urea groups is 1. The zero-order valence-corrected chi connectivity index (χ0v) is 12.2. The van der Waals surface area contributed by atoms with Crippen LogP contribution in [0.15, 0.2) is 18.2 Å². The van der Waals surface area contributed by atoms with Gasteiger partial charge in [0.2, 0.25) is 0 Å². The smallest absolute Gasteiger partial charge is 0.336 e. The van der Waals surface area contributed by atoms with Crippen molar-refractivity contribution in [1.82, 2.24) is 5.32 Å². The first kappa shape index (κ1) is 15.3. The fourth-order valence-electron chi connectivity index (χ4n) is 2.37. The number of aromatic carboxylic acids is 1. The summed E-state index contributed by atoms with van der Waals surface area (Å²) < 4.78 is 5.30. The van der Waals surface area contributed by atoms with Crippen molar-refractivity contribution in [2.24, 2.45) is 5.92 Å². The summed E-state index contributed by atoms with van der Waals surface area (Å²) in [6.45, 7) is 5.06. The van der Waals surface area contributed by atoms with Crippen LogP contribution in [0.1, 0.15) is 29.3 Å². The molecule has 1 aromatic rings. The molecule has 2 unspecified atom stereocenters. The number of hydrogen-bond acceptors (Lipinski definition) is 3. The molecule has 21 heavy (non-hydrogen) atoms. The lowest BCUT2D eigenvalue weighted by molar-refractivity contribution is 0.0696. The van der Waals surface area contributed by atoms with Gasteiger partial charge >= 0.3 is 12.0 Å². The Labute approximate surface area is 123 Å². The maximum Gasteiger partial charge on any atom is 0.336 e. The highest BCUT2D eigenvalue weighted by molar-refractivity contribution is 5.94. The minimum absolute atomic E-state index is 0.0110. The number of nitrogens with one attached hydrogen (secondary N) is 2. The molecule has 1 fully saturated rings. The molecule has 6 nitrogen and oxygen atoms in total. The molecule has 0 saturated carbocycles. The average Bonchev–Trinajstić information content (AvgIpc) is 2.94. The molecule has 3 N–H and O–H groups in total. The third-order valence-electron chi connectivity index (χ3n) is 3.76.